The molecule has 1 saturated carbocycles. The van der Waals surface area contributed by atoms with Crippen LogP contribution < -0.4 is 5.32 Å². The lowest BCUT2D eigenvalue weighted by molar-refractivity contribution is -0.121. The van der Waals surface area contributed by atoms with E-state index in [1.807, 2.05) is 0 Å². The van der Waals surface area contributed by atoms with Crippen molar-refractivity contribution in [2.75, 3.05) is 0 Å². The molecule has 0 spiro atoms. The van der Waals surface area contributed by atoms with Crippen molar-refractivity contribution >= 4 is 5.91 Å². The summed E-state index contributed by atoms with van der Waals surface area (Å²) in [6, 6.07) is 4.92. The van der Waals surface area contributed by atoms with Gasteiger partial charge in [0.15, 0.2) is 0 Å². The summed E-state index contributed by atoms with van der Waals surface area (Å²) in [6.45, 7) is 1.69. The normalized spacial score (nSPS) is 23.1. The van der Waals surface area contributed by atoms with Crippen molar-refractivity contribution in [3.05, 3.63) is 35.1 Å². The Morgan fingerprint density at radius 3 is 2.68 bits per heavy atom. The van der Waals surface area contributed by atoms with Crippen LogP contribution in [0.25, 0.3) is 0 Å². The third kappa shape index (κ3) is 4.03. The van der Waals surface area contributed by atoms with Crippen LogP contribution in [-0.2, 0) is 11.2 Å². The van der Waals surface area contributed by atoms with Crippen molar-refractivity contribution in [3.8, 4) is 0 Å². The van der Waals surface area contributed by atoms with E-state index < -0.39 is 0 Å². The van der Waals surface area contributed by atoms with Crippen LogP contribution >= 0.6 is 0 Å². The number of hydrogen-bond acceptors (Lipinski definition) is 2. The van der Waals surface area contributed by atoms with Crippen LogP contribution in [0.4, 0.5) is 4.39 Å². The molecule has 0 aromatic heterocycles. The maximum atomic E-state index is 13.1. The van der Waals surface area contributed by atoms with Crippen LogP contribution in [0.1, 0.15) is 36.8 Å². The molecule has 1 amide bonds. The van der Waals surface area contributed by atoms with Crippen LogP contribution in [0.15, 0.2) is 18.2 Å². The largest absolute Gasteiger partial charge is 0.393 e. The van der Waals surface area contributed by atoms with Gasteiger partial charge < -0.3 is 10.4 Å². The molecule has 0 aliphatic heterocycles. The third-order valence-electron chi connectivity index (χ3n) is 3.65. The molecule has 0 heterocycles. The Morgan fingerprint density at radius 2 is 2.05 bits per heavy atom. The summed E-state index contributed by atoms with van der Waals surface area (Å²) in [4.78, 5) is 11.9. The predicted molar refractivity (Wildman–Crippen MR) is 71.2 cm³/mol. The van der Waals surface area contributed by atoms with Crippen molar-refractivity contribution in [1.29, 1.82) is 0 Å². The predicted octanol–water partition coefficient (Wildman–Crippen LogP) is 2.10. The Balaban J connectivity index is 1.85. The monoisotopic (exact) mass is 265 g/mol. The highest BCUT2D eigenvalue weighted by Gasteiger charge is 2.20. The van der Waals surface area contributed by atoms with Gasteiger partial charge in [-0.15, -0.1) is 0 Å². The fraction of sp³-hybridized carbons (Fsp3) is 0.533. The first kappa shape index (κ1) is 14.0. The Morgan fingerprint density at radius 1 is 1.37 bits per heavy atom. The smallest absolute Gasteiger partial charge is 0.224 e. The Hall–Kier alpha value is -1.42. The van der Waals surface area contributed by atoms with Crippen LogP contribution in [0, 0.1) is 12.7 Å². The summed E-state index contributed by atoms with van der Waals surface area (Å²) in [5, 5.41) is 12.4. The van der Waals surface area contributed by atoms with E-state index in [2.05, 4.69) is 5.32 Å². The minimum atomic E-state index is -0.245. The molecule has 3 nitrogen and oxygen atoms in total. The van der Waals surface area contributed by atoms with Crippen LogP contribution in [0.3, 0.4) is 0 Å². The number of carbonyl (C=O) groups is 1. The van der Waals surface area contributed by atoms with Crippen molar-refractivity contribution < 1.29 is 14.3 Å². The van der Waals surface area contributed by atoms with Crippen molar-refractivity contribution in [3.63, 3.8) is 0 Å². The molecule has 0 bridgehead atoms. The number of halogens is 1. The average molecular weight is 265 g/mol. The van der Waals surface area contributed by atoms with Crippen LogP contribution in [0.5, 0.6) is 0 Å². The second-order valence-electron chi connectivity index (χ2n) is 5.33. The van der Waals surface area contributed by atoms with E-state index in [1.54, 1.807) is 19.1 Å². The molecule has 1 aliphatic rings. The number of hydrogen-bond donors (Lipinski definition) is 2. The van der Waals surface area contributed by atoms with E-state index in [9.17, 15) is 14.3 Å². The van der Waals surface area contributed by atoms with Gasteiger partial charge in [0.05, 0.1) is 12.5 Å². The first-order valence-electron chi connectivity index (χ1n) is 6.77. The van der Waals surface area contributed by atoms with Crippen molar-refractivity contribution in [1.82, 2.24) is 5.32 Å². The molecule has 1 fully saturated rings. The molecule has 1 aromatic carbocycles. The molecule has 19 heavy (non-hydrogen) atoms. The van der Waals surface area contributed by atoms with Gasteiger partial charge in [0.2, 0.25) is 5.91 Å². The summed E-state index contributed by atoms with van der Waals surface area (Å²) in [6.07, 6.45) is 3.22. The fourth-order valence-corrected chi connectivity index (χ4v) is 2.50. The quantitative estimate of drug-likeness (QED) is 0.879. The fourth-order valence-electron chi connectivity index (χ4n) is 2.50. The summed E-state index contributed by atoms with van der Waals surface area (Å²) in [5.74, 6) is -0.280. The highest BCUT2D eigenvalue weighted by atomic mass is 19.1. The second-order valence-corrected chi connectivity index (χ2v) is 5.33. The highest BCUT2D eigenvalue weighted by Crippen LogP contribution is 2.18. The maximum absolute atomic E-state index is 13.1. The number of aliphatic hydroxyl groups is 1. The average Bonchev–Trinajstić information content (AvgIpc) is 2.37. The Labute approximate surface area is 112 Å². The maximum Gasteiger partial charge on any atom is 0.224 e. The lowest BCUT2D eigenvalue weighted by Crippen LogP contribution is -2.39. The number of aryl methyl sites for hydroxylation is 1. The lowest BCUT2D eigenvalue weighted by atomic mass is 9.93. The number of aliphatic hydroxyl groups excluding tert-OH is 1. The third-order valence-corrected chi connectivity index (χ3v) is 3.65. The minimum Gasteiger partial charge on any atom is -0.393 e. The van der Waals surface area contributed by atoms with Gasteiger partial charge in [-0.1, -0.05) is 12.1 Å². The topological polar surface area (TPSA) is 49.3 Å². The van der Waals surface area contributed by atoms with Crippen LogP contribution in [0.2, 0.25) is 0 Å². The van der Waals surface area contributed by atoms with Crippen molar-refractivity contribution in [2.24, 2.45) is 0 Å². The van der Waals surface area contributed by atoms with E-state index in [0.717, 1.165) is 31.2 Å². The van der Waals surface area contributed by atoms with E-state index in [0.29, 0.717) is 5.56 Å². The van der Waals surface area contributed by atoms with Gasteiger partial charge in [-0.25, -0.2) is 4.39 Å². The van der Waals surface area contributed by atoms with Crippen LogP contribution in [-0.4, -0.2) is 23.2 Å². The summed E-state index contributed by atoms with van der Waals surface area (Å²) in [7, 11) is 0. The van der Waals surface area contributed by atoms with E-state index >= 15 is 0 Å². The zero-order valence-corrected chi connectivity index (χ0v) is 11.2. The molecule has 0 saturated heterocycles. The first-order valence-corrected chi connectivity index (χ1v) is 6.77. The summed E-state index contributed by atoms with van der Waals surface area (Å²) >= 11 is 0. The number of carbonyl (C=O) groups excluding carboxylic acids is 1. The SMILES string of the molecule is Cc1cc(CC(=O)NC2CCC(O)CC2)ccc1F. The van der Waals surface area contributed by atoms with Gasteiger partial charge >= 0.3 is 0 Å². The zero-order valence-electron chi connectivity index (χ0n) is 11.2. The molecule has 0 atom stereocenters. The summed E-state index contributed by atoms with van der Waals surface area (Å²) in [5.41, 5.74) is 1.39. The minimum absolute atomic E-state index is 0.0348. The highest BCUT2D eigenvalue weighted by molar-refractivity contribution is 5.78. The standard InChI is InChI=1S/C15H20FNO2/c1-10-8-11(2-7-14(10)16)9-15(19)17-12-3-5-13(18)6-4-12/h2,7-8,12-13,18H,3-6,9H2,1H3,(H,17,19). The lowest BCUT2D eigenvalue weighted by Gasteiger charge is -2.26. The van der Waals surface area contributed by atoms with E-state index in [-0.39, 0.29) is 30.3 Å². The Bertz CT molecular complexity index is 453. The number of nitrogens with one attached hydrogen (secondary N) is 1. The van der Waals surface area contributed by atoms with Gasteiger partial charge in [0.1, 0.15) is 5.82 Å². The van der Waals surface area contributed by atoms with Gasteiger partial charge in [-0.05, 0) is 49.8 Å². The molecule has 2 N–H and O–H groups in total. The molecule has 1 aromatic rings. The van der Waals surface area contributed by atoms with Gasteiger partial charge in [0, 0.05) is 6.04 Å². The van der Waals surface area contributed by atoms with Gasteiger partial charge in [-0.2, -0.15) is 0 Å². The molecule has 1 aliphatic carbocycles. The number of benzene rings is 1. The second kappa shape index (κ2) is 6.15. The Kier molecular flexibility index (Phi) is 4.53. The molecule has 104 valence electrons. The van der Waals surface area contributed by atoms with Gasteiger partial charge in [0.25, 0.3) is 0 Å². The number of rotatable bonds is 3. The van der Waals surface area contributed by atoms with Crippen molar-refractivity contribution in [2.45, 2.75) is 51.2 Å². The molecule has 0 unspecified atom stereocenters. The number of amides is 1. The van der Waals surface area contributed by atoms with E-state index in [4.69, 9.17) is 0 Å². The molecular weight excluding hydrogens is 245 g/mol. The van der Waals surface area contributed by atoms with Gasteiger partial charge in [-0.3, -0.25) is 4.79 Å². The summed E-state index contributed by atoms with van der Waals surface area (Å²) < 4.78 is 13.1. The molecular formula is C15H20FNO2. The van der Waals surface area contributed by atoms with E-state index in [1.165, 1.54) is 6.07 Å². The molecule has 0 radical (unpaired) electrons. The first-order chi connectivity index (χ1) is 9.04. The zero-order chi connectivity index (χ0) is 13.8. The molecule has 2 rings (SSSR count). The molecule has 4 heteroatoms.